The number of nitrogens with zero attached hydrogens (tertiary/aromatic N) is 1. The van der Waals surface area contributed by atoms with Crippen LogP contribution in [-0.4, -0.2) is 46.4 Å². The number of nitrogens with one attached hydrogen (secondary N) is 2. The quantitative estimate of drug-likeness (QED) is 0.752. The van der Waals surface area contributed by atoms with E-state index in [0.29, 0.717) is 24.5 Å². The molecule has 0 unspecified atom stereocenters. The number of hydrogen-bond acceptors (Lipinski definition) is 5. The average Bonchev–Trinajstić information content (AvgIpc) is 2.85. The maximum Gasteiger partial charge on any atom is 0.322 e. The van der Waals surface area contributed by atoms with Gasteiger partial charge >= 0.3 is 12.0 Å². The largest absolute Gasteiger partial charge is 0.468 e. The zero-order valence-electron chi connectivity index (χ0n) is 11.3. The van der Waals surface area contributed by atoms with Crippen molar-refractivity contribution < 1.29 is 22.7 Å². The van der Waals surface area contributed by atoms with Crippen molar-refractivity contribution in [2.45, 2.75) is 0 Å². The first-order valence-electron chi connectivity index (χ1n) is 6.14. The molecule has 2 rings (SSSR count). The summed E-state index contributed by atoms with van der Waals surface area (Å²) in [6, 6.07) is 6.11. The number of sulfonamides is 1. The number of ether oxygens (including phenoxy) is 1. The Morgan fingerprint density at radius 2 is 2.05 bits per heavy atom. The molecule has 1 heterocycles. The highest BCUT2D eigenvalue weighted by Crippen LogP contribution is 2.20. The maximum absolute atomic E-state index is 11.7. The Bertz CT molecular complexity index is 641. The smallest absolute Gasteiger partial charge is 0.322 e. The number of carbonyl (C=O) groups excluding carboxylic acids is 2. The molecular weight excluding hydrogens is 298 g/mol. The molecule has 0 bridgehead atoms. The van der Waals surface area contributed by atoms with Crippen LogP contribution < -0.4 is 14.9 Å². The first-order valence-corrected chi connectivity index (χ1v) is 7.79. The van der Waals surface area contributed by atoms with Crippen molar-refractivity contribution in [3.8, 4) is 0 Å². The van der Waals surface area contributed by atoms with Crippen molar-refractivity contribution in [1.29, 1.82) is 0 Å². The highest BCUT2D eigenvalue weighted by molar-refractivity contribution is 7.93. The molecule has 0 saturated carbocycles. The first-order chi connectivity index (χ1) is 9.91. The SMILES string of the molecule is COC(=O)CS(=O)(=O)Nc1ccc(N2CCNC2=O)cc1. The van der Waals surface area contributed by atoms with E-state index in [1.165, 1.54) is 12.1 Å². The molecule has 0 aliphatic carbocycles. The third-order valence-electron chi connectivity index (χ3n) is 2.84. The van der Waals surface area contributed by atoms with Crippen molar-refractivity contribution >= 4 is 33.4 Å². The second kappa shape index (κ2) is 6.00. The van der Waals surface area contributed by atoms with Crippen molar-refractivity contribution in [3.05, 3.63) is 24.3 Å². The molecule has 0 spiro atoms. The molecule has 1 aliphatic rings. The highest BCUT2D eigenvalue weighted by Gasteiger charge is 2.21. The molecule has 0 aromatic heterocycles. The summed E-state index contributed by atoms with van der Waals surface area (Å²) in [5, 5.41) is 2.67. The lowest BCUT2D eigenvalue weighted by molar-refractivity contribution is -0.137. The van der Waals surface area contributed by atoms with Crippen LogP contribution in [0.2, 0.25) is 0 Å². The van der Waals surface area contributed by atoms with E-state index in [2.05, 4.69) is 14.8 Å². The molecule has 1 fully saturated rings. The third kappa shape index (κ3) is 3.85. The summed E-state index contributed by atoms with van der Waals surface area (Å²) in [6.45, 7) is 1.14. The molecule has 1 saturated heterocycles. The summed E-state index contributed by atoms with van der Waals surface area (Å²) in [5.74, 6) is -1.59. The summed E-state index contributed by atoms with van der Waals surface area (Å²) >= 11 is 0. The summed E-state index contributed by atoms with van der Waals surface area (Å²) in [5.41, 5.74) is 0.975. The second-order valence-electron chi connectivity index (χ2n) is 4.37. The van der Waals surface area contributed by atoms with E-state index in [4.69, 9.17) is 0 Å². The van der Waals surface area contributed by atoms with E-state index in [1.54, 1.807) is 17.0 Å². The summed E-state index contributed by atoms with van der Waals surface area (Å²) in [7, 11) is -2.69. The van der Waals surface area contributed by atoms with E-state index >= 15 is 0 Å². The van der Waals surface area contributed by atoms with Gasteiger partial charge in [-0.1, -0.05) is 0 Å². The lowest BCUT2D eigenvalue weighted by Crippen LogP contribution is -2.27. The van der Waals surface area contributed by atoms with Crippen LogP contribution in [0.3, 0.4) is 0 Å². The topological polar surface area (TPSA) is 105 Å². The molecule has 1 aliphatic heterocycles. The Labute approximate surface area is 122 Å². The number of carbonyl (C=O) groups is 2. The van der Waals surface area contributed by atoms with Crippen LogP contribution in [-0.2, 0) is 19.6 Å². The van der Waals surface area contributed by atoms with Crippen LogP contribution in [0.4, 0.5) is 16.2 Å². The lowest BCUT2D eigenvalue weighted by Gasteiger charge is -2.15. The minimum atomic E-state index is -3.81. The normalized spacial score (nSPS) is 14.7. The van der Waals surface area contributed by atoms with E-state index < -0.39 is 21.7 Å². The summed E-state index contributed by atoms with van der Waals surface area (Å²) < 4.78 is 29.9. The molecule has 21 heavy (non-hydrogen) atoms. The molecule has 0 atom stereocenters. The van der Waals surface area contributed by atoms with Gasteiger partial charge in [-0.05, 0) is 24.3 Å². The minimum Gasteiger partial charge on any atom is -0.468 e. The molecule has 114 valence electrons. The van der Waals surface area contributed by atoms with Gasteiger partial charge in [0.05, 0.1) is 7.11 Å². The zero-order chi connectivity index (χ0) is 15.5. The number of benzene rings is 1. The van der Waals surface area contributed by atoms with Crippen LogP contribution in [0, 0.1) is 0 Å². The first kappa shape index (κ1) is 15.1. The molecule has 1 aromatic rings. The van der Waals surface area contributed by atoms with Crippen LogP contribution in [0.25, 0.3) is 0 Å². The van der Waals surface area contributed by atoms with E-state index in [0.717, 1.165) is 7.11 Å². The maximum atomic E-state index is 11.7. The van der Waals surface area contributed by atoms with Gasteiger partial charge in [0.15, 0.2) is 5.75 Å². The third-order valence-corrected chi connectivity index (χ3v) is 4.01. The Balaban J connectivity index is 2.05. The van der Waals surface area contributed by atoms with Gasteiger partial charge in [0.25, 0.3) is 0 Å². The molecule has 9 heteroatoms. The van der Waals surface area contributed by atoms with Crippen molar-refractivity contribution in [3.63, 3.8) is 0 Å². The Morgan fingerprint density at radius 3 is 2.57 bits per heavy atom. The monoisotopic (exact) mass is 313 g/mol. The average molecular weight is 313 g/mol. The molecule has 2 amide bonds. The second-order valence-corrected chi connectivity index (χ2v) is 6.09. The van der Waals surface area contributed by atoms with E-state index in [-0.39, 0.29) is 6.03 Å². The van der Waals surface area contributed by atoms with E-state index in [9.17, 15) is 18.0 Å². The van der Waals surface area contributed by atoms with Crippen molar-refractivity contribution in [2.24, 2.45) is 0 Å². The molecule has 8 nitrogen and oxygen atoms in total. The van der Waals surface area contributed by atoms with Gasteiger partial charge in [0.2, 0.25) is 10.0 Å². The van der Waals surface area contributed by atoms with Crippen LogP contribution in [0.1, 0.15) is 0 Å². The van der Waals surface area contributed by atoms with Gasteiger partial charge in [-0.25, -0.2) is 13.2 Å². The van der Waals surface area contributed by atoms with Gasteiger partial charge in [-0.3, -0.25) is 14.4 Å². The number of esters is 1. The summed E-state index contributed by atoms with van der Waals surface area (Å²) in [6.07, 6.45) is 0. The molecule has 2 N–H and O–H groups in total. The fourth-order valence-electron chi connectivity index (χ4n) is 1.86. The molecule has 1 aromatic carbocycles. The van der Waals surface area contributed by atoms with Crippen LogP contribution >= 0.6 is 0 Å². The minimum absolute atomic E-state index is 0.186. The Kier molecular flexibility index (Phi) is 4.32. The fraction of sp³-hybridized carbons (Fsp3) is 0.333. The Hall–Kier alpha value is -2.29. The van der Waals surface area contributed by atoms with Crippen LogP contribution in [0.5, 0.6) is 0 Å². The van der Waals surface area contributed by atoms with Crippen LogP contribution in [0.15, 0.2) is 24.3 Å². The predicted molar refractivity (Wildman–Crippen MR) is 76.6 cm³/mol. The van der Waals surface area contributed by atoms with Gasteiger partial charge in [-0.15, -0.1) is 0 Å². The standard InChI is InChI=1S/C12H15N3O5S/c1-20-11(16)8-21(18,19)14-9-2-4-10(5-3-9)15-7-6-13-12(15)17/h2-5,14H,6-8H2,1H3,(H,13,17). The predicted octanol–water partition coefficient (Wildman–Crippen LogP) is 0.131. The number of rotatable bonds is 5. The van der Waals surface area contributed by atoms with Gasteiger partial charge < -0.3 is 10.1 Å². The summed E-state index contributed by atoms with van der Waals surface area (Å²) in [4.78, 5) is 24.0. The van der Waals surface area contributed by atoms with Gasteiger partial charge in [-0.2, -0.15) is 0 Å². The number of hydrogen-bond donors (Lipinski definition) is 2. The number of anilines is 2. The number of methoxy groups -OCH3 is 1. The fourth-order valence-corrected chi connectivity index (χ4v) is 2.85. The number of urea groups is 1. The van der Waals surface area contributed by atoms with Crippen molar-refractivity contribution in [2.75, 3.05) is 35.6 Å². The van der Waals surface area contributed by atoms with E-state index in [1.807, 2.05) is 0 Å². The van der Waals surface area contributed by atoms with Gasteiger partial charge in [0, 0.05) is 24.5 Å². The zero-order valence-corrected chi connectivity index (χ0v) is 12.1. The lowest BCUT2D eigenvalue weighted by atomic mass is 10.2. The Morgan fingerprint density at radius 1 is 1.38 bits per heavy atom. The van der Waals surface area contributed by atoms with Crippen molar-refractivity contribution in [1.82, 2.24) is 5.32 Å². The molecule has 0 radical (unpaired) electrons. The number of amides is 2. The molecular formula is C12H15N3O5S. The highest BCUT2D eigenvalue weighted by atomic mass is 32.2. The van der Waals surface area contributed by atoms with Gasteiger partial charge in [0.1, 0.15) is 0 Å².